The van der Waals surface area contributed by atoms with E-state index in [1.807, 2.05) is 0 Å². The standard InChI is InChI=1S/C17H29N3/c1-3-16(4-2)20-10-9-15(19-20)11-17(12-18-13-17)14-7-5-6-8-14/h9-10,14,16,18H,3-8,11-13H2,1-2H3. The van der Waals surface area contributed by atoms with Crippen LogP contribution in [0.2, 0.25) is 0 Å². The second-order valence-corrected chi connectivity index (χ2v) is 6.88. The van der Waals surface area contributed by atoms with Crippen molar-refractivity contribution < 1.29 is 0 Å². The average Bonchev–Trinajstić information content (AvgIpc) is 3.07. The molecule has 1 aromatic heterocycles. The van der Waals surface area contributed by atoms with Gasteiger partial charge in [-0.2, -0.15) is 5.10 Å². The first-order chi connectivity index (χ1) is 9.77. The van der Waals surface area contributed by atoms with Crippen LogP contribution in [0.4, 0.5) is 0 Å². The Bertz CT molecular complexity index is 423. The summed E-state index contributed by atoms with van der Waals surface area (Å²) in [5, 5.41) is 8.40. The minimum Gasteiger partial charge on any atom is -0.315 e. The van der Waals surface area contributed by atoms with Crippen LogP contribution in [-0.4, -0.2) is 22.9 Å². The highest BCUT2D eigenvalue weighted by Crippen LogP contribution is 2.44. The van der Waals surface area contributed by atoms with Gasteiger partial charge < -0.3 is 5.32 Å². The smallest absolute Gasteiger partial charge is 0.0631 e. The summed E-state index contributed by atoms with van der Waals surface area (Å²) in [6.45, 7) is 6.92. The molecule has 0 aromatic carbocycles. The molecule has 1 saturated heterocycles. The van der Waals surface area contributed by atoms with Crippen molar-refractivity contribution in [3.8, 4) is 0 Å². The zero-order chi connectivity index (χ0) is 14.0. The molecular formula is C17H29N3. The Labute approximate surface area is 123 Å². The van der Waals surface area contributed by atoms with Gasteiger partial charge in [0.05, 0.1) is 11.7 Å². The maximum Gasteiger partial charge on any atom is 0.0631 e. The summed E-state index contributed by atoms with van der Waals surface area (Å²) >= 11 is 0. The van der Waals surface area contributed by atoms with E-state index in [0.717, 1.165) is 5.92 Å². The summed E-state index contributed by atoms with van der Waals surface area (Å²) in [7, 11) is 0. The SMILES string of the molecule is CCC(CC)n1ccc(CC2(C3CCCC3)CNC2)n1. The van der Waals surface area contributed by atoms with E-state index in [9.17, 15) is 0 Å². The summed E-state index contributed by atoms with van der Waals surface area (Å²) in [6, 6.07) is 2.83. The van der Waals surface area contributed by atoms with Gasteiger partial charge in [0.1, 0.15) is 0 Å². The molecule has 2 heterocycles. The van der Waals surface area contributed by atoms with E-state index in [4.69, 9.17) is 5.10 Å². The Morgan fingerprint density at radius 3 is 2.55 bits per heavy atom. The van der Waals surface area contributed by atoms with E-state index in [-0.39, 0.29) is 0 Å². The molecule has 0 unspecified atom stereocenters. The zero-order valence-corrected chi connectivity index (χ0v) is 13.1. The van der Waals surface area contributed by atoms with Crippen molar-refractivity contribution in [1.82, 2.24) is 15.1 Å². The topological polar surface area (TPSA) is 29.9 Å². The van der Waals surface area contributed by atoms with Gasteiger partial charge in [-0.3, -0.25) is 4.68 Å². The van der Waals surface area contributed by atoms with Crippen LogP contribution < -0.4 is 5.32 Å². The molecular weight excluding hydrogens is 246 g/mol. The van der Waals surface area contributed by atoms with E-state index >= 15 is 0 Å². The third-order valence-electron chi connectivity index (χ3n) is 5.69. The molecule has 2 fully saturated rings. The second-order valence-electron chi connectivity index (χ2n) is 6.88. The summed E-state index contributed by atoms with van der Waals surface area (Å²) in [6.07, 6.45) is 11.5. The van der Waals surface area contributed by atoms with Crippen LogP contribution in [0.5, 0.6) is 0 Å². The Balaban J connectivity index is 1.70. The fourth-order valence-corrected chi connectivity index (χ4v) is 4.24. The largest absolute Gasteiger partial charge is 0.315 e. The second kappa shape index (κ2) is 5.88. The van der Waals surface area contributed by atoms with Gasteiger partial charge in [-0.05, 0) is 44.1 Å². The summed E-state index contributed by atoms with van der Waals surface area (Å²) < 4.78 is 2.20. The quantitative estimate of drug-likeness (QED) is 0.860. The molecule has 20 heavy (non-hydrogen) atoms. The molecule has 112 valence electrons. The van der Waals surface area contributed by atoms with Crippen LogP contribution in [0, 0.1) is 11.3 Å². The van der Waals surface area contributed by atoms with E-state index in [1.54, 1.807) is 0 Å². The minimum absolute atomic E-state index is 0.517. The Kier molecular flexibility index (Phi) is 4.16. The predicted molar refractivity (Wildman–Crippen MR) is 82.8 cm³/mol. The molecule has 0 atom stereocenters. The fourth-order valence-electron chi connectivity index (χ4n) is 4.24. The highest BCUT2D eigenvalue weighted by molar-refractivity contribution is 5.10. The number of rotatable bonds is 6. The summed E-state index contributed by atoms with van der Waals surface area (Å²) in [5.41, 5.74) is 1.83. The third-order valence-corrected chi connectivity index (χ3v) is 5.69. The number of hydrogen-bond acceptors (Lipinski definition) is 2. The fraction of sp³-hybridized carbons (Fsp3) is 0.824. The zero-order valence-electron chi connectivity index (χ0n) is 13.1. The number of nitrogens with zero attached hydrogens (tertiary/aromatic N) is 2. The lowest BCUT2D eigenvalue weighted by atomic mass is 9.67. The number of aromatic nitrogens is 2. The van der Waals surface area contributed by atoms with Gasteiger partial charge in [-0.1, -0.05) is 26.7 Å². The lowest BCUT2D eigenvalue weighted by molar-refractivity contribution is 0.0796. The molecule has 1 saturated carbocycles. The average molecular weight is 275 g/mol. The maximum absolute atomic E-state index is 4.88. The molecule has 0 bridgehead atoms. The van der Waals surface area contributed by atoms with Gasteiger partial charge in [-0.25, -0.2) is 0 Å². The van der Waals surface area contributed by atoms with E-state index < -0.39 is 0 Å². The molecule has 1 aliphatic carbocycles. The lowest BCUT2D eigenvalue weighted by Crippen LogP contribution is -2.58. The van der Waals surface area contributed by atoms with Crippen LogP contribution in [0.1, 0.15) is 64.1 Å². The Morgan fingerprint density at radius 1 is 1.30 bits per heavy atom. The maximum atomic E-state index is 4.88. The molecule has 0 spiro atoms. The van der Waals surface area contributed by atoms with Crippen molar-refractivity contribution in [1.29, 1.82) is 0 Å². The van der Waals surface area contributed by atoms with Crippen molar-refractivity contribution in [3.63, 3.8) is 0 Å². The van der Waals surface area contributed by atoms with Crippen molar-refractivity contribution in [2.45, 2.75) is 64.8 Å². The van der Waals surface area contributed by atoms with Crippen molar-refractivity contribution >= 4 is 0 Å². The summed E-state index contributed by atoms with van der Waals surface area (Å²) in [4.78, 5) is 0. The van der Waals surface area contributed by atoms with Crippen molar-refractivity contribution in [2.75, 3.05) is 13.1 Å². The molecule has 0 radical (unpaired) electrons. The van der Waals surface area contributed by atoms with Gasteiger partial charge in [-0.15, -0.1) is 0 Å². The lowest BCUT2D eigenvalue weighted by Gasteiger charge is -2.47. The third kappa shape index (κ3) is 2.52. The molecule has 2 aliphatic rings. The van der Waals surface area contributed by atoms with Crippen LogP contribution in [0.15, 0.2) is 12.3 Å². The molecule has 3 nitrogen and oxygen atoms in total. The first kappa shape index (κ1) is 14.1. The van der Waals surface area contributed by atoms with Crippen LogP contribution >= 0.6 is 0 Å². The molecule has 1 aliphatic heterocycles. The van der Waals surface area contributed by atoms with Gasteiger partial charge in [0.25, 0.3) is 0 Å². The van der Waals surface area contributed by atoms with Crippen LogP contribution in [-0.2, 0) is 6.42 Å². The Morgan fingerprint density at radius 2 is 2.00 bits per heavy atom. The highest BCUT2D eigenvalue weighted by Gasteiger charge is 2.45. The predicted octanol–water partition coefficient (Wildman–Crippen LogP) is 3.57. The van der Waals surface area contributed by atoms with Crippen molar-refractivity contribution in [3.05, 3.63) is 18.0 Å². The monoisotopic (exact) mass is 275 g/mol. The minimum atomic E-state index is 0.517. The number of hydrogen-bond donors (Lipinski definition) is 1. The molecule has 1 N–H and O–H groups in total. The molecule has 0 amide bonds. The van der Waals surface area contributed by atoms with E-state index in [1.165, 1.54) is 63.7 Å². The van der Waals surface area contributed by atoms with Crippen LogP contribution in [0.3, 0.4) is 0 Å². The first-order valence-electron chi connectivity index (χ1n) is 8.52. The van der Waals surface area contributed by atoms with Gasteiger partial charge in [0.15, 0.2) is 0 Å². The van der Waals surface area contributed by atoms with Crippen LogP contribution in [0.25, 0.3) is 0 Å². The van der Waals surface area contributed by atoms with Gasteiger partial charge >= 0.3 is 0 Å². The van der Waals surface area contributed by atoms with E-state index in [0.29, 0.717) is 11.5 Å². The molecule has 3 heteroatoms. The number of nitrogens with one attached hydrogen (secondary N) is 1. The Hall–Kier alpha value is -0.830. The highest BCUT2D eigenvalue weighted by atomic mass is 15.3. The van der Waals surface area contributed by atoms with Gasteiger partial charge in [0.2, 0.25) is 0 Å². The van der Waals surface area contributed by atoms with Crippen molar-refractivity contribution in [2.24, 2.45) is 11.3 Å². The normalized spacial score (nSPS) is 22.4. The first-order valence-corrected chi connectivity index (χ1v) is 8.52. The molecule has 3 rings (SSSR count). The van der Waals surface area contributed by atoms with Gasteiger partial charge in [0, 0.05) is 24.7 Å². The molecule has 1 aromatic rings. The summed E-state index contributed by atoms with van der Waals surface area (Å²) in [5.74, 6) is 0.932. The van der Waals surface area contributed by atoms with E-state index in [2.05, 4.69) is 36.1 Å².